The number of fused-ring (bicyclic) bond motifs is 3. The van der Waals surface area contributed by atoms with Gasteiger partial charge in [-0.05, 0) is 25.1 Å². The van der Waals surface area contributed by atoms with E-state index in [4.69, 9.17) is 19.0 Å². The van der Waals surface area contributed by atoms with Gasteiger partial charge in [0.25, 0.3) is 5.88 Å². The lowest BCUT2D eigenvalue weighted by Crippen LogP contribution is -2.51. The van der Waals surface area contributed by atoms with Crippen LogP contribution in [0.25, 0.3) is 0 Å². The summed E-state index contributed by atoms with van der Waals surface area (Å²) in [6, 6.07) is 7.65. The van der Waals surface area contributed by atoms with Crippen LogP contribution in [0, 0.1) is 0 Å². The van der Waals surface area contributed by atoms with E-state index in [2.05, 4.69) is 26.1 Å². The van der Waals surface area contributed by atoms with E-state index in [9.17, 15) is 0 Å². The SMILES string of the molecule is COc1cc(NC23N=CC(C)=C(NO2)N3c2ccc3c(c2)NCO3)cnc1OC. The highest BCUT2D eigenvalue weighted by atomic mass is 16.7. The molecule has 1 aromatic heterocycles. The molecule has 1 atom stereocenters. The van der Waals surface area contributed by atoms with E-state index in [-0.39, 0.29) is 0 Å². The number of methoxy groups -OCH3 is 2. The number of nitrogens with one attached hydrogen (secondary N) is 3. The molecule has 10 nitrogen and oxygen atoms in total. The summed E-state index contributed by atoms with van der Waals surface area (Å²) in [5, 5.41) is 6.51. The number of hydroxylamine groups is 1. The molecular formula is C19H20N6O4. The number of benzene rings is 1. The summed E-state index contributed by atoms with van der Waals surface area (Å²) in [6.45, 7) is 2.41. The van der Waals surface area contributed by atoms with E-state index >= 15 is 0 Å². The maximum Gasteiger partial charge on any atom is 0.351 e. The first-order chi connectivity index (χ1) is 14.1. The standard InChI is InChI=1S/C19H20N6O4/c1-11-8-22-19(23-12-6-16(26-2)18(27-3)20-9-12)25(17(11)24-29-19)13-4-5-15-14(7-13)21-10-28-15/h4-9,21,23-24H,10H2,1-3H3. The third-order valence-corrected chi connectivity index (χ3v) is 4.87. The highest BCUT2D eigenvalue weighted by molar-refractivity contribution is 5.85. The Morgan fingerprint density at radius 2 is 2.14 bits per heavy atom. The normalized spacial score (nSPS) is 21.3. The molecule has 2 aromatic rings. The summed E-state index contributed by atoms with van der Waals surface area (Å²) in [5.41, 5.74) is 6.36. The Bertz CT molecular complexity index is 1040. The molecule has 5 rings (SSSR count). The van der Waals surface area contributed by atoms with E-state index in [0.29, 0.717) is 24.0 Å². The van der Waals surface area contributed by atoms with E-state index in [1.807, 2.05) is 30.0 Å². The Morgan fingerprint density at radius 3 is 2.97 bits per heavy atom. The van der Waals surface area contributed by atoms with Crippen LogP contribution in [0.1, 0.15) is 6.92 Å². The van der Waals surface area contributed by atoms with Crippen molar-refractivity contribution in [2.24, 2.45) is 4.99 Å². The molecular weight excluding hydrogens is 376 g/mol. The average molecular weight is 396 g/mol. The Kier molecular flexibility index (Phi) is 3.88. The minimum absolute atomic E-state index is 0.395. The molecule has 4 heterocycles. The average Bonchev–Trinajstić information content (AvgIpc) is 3.32. The lowest BCUT2D eigenvalue weighted by Gasteiger charge is -2.36. The Balaban J connectivity index is 1.55. The smallest absolute Gasteiger partial charge is 0.351 e. The van der Waals surface area contributed by atoms with Gasteiger partial charge in [0, 0.05) is 17.9 Å². The molecule has 150 valence electrons. The van der Waals surface area contributed by atoms with Gasteiger partial charge < -0.3 is 24.8 Å². The van der Waals surface area contributed by atoms with Crippen molar-refractivity contribution in [2.75, 3.05) is 36.5 Å². The molecule has 1 saturated heterocycles. The largest absolute Gasteiger partial charge is 0.491 e. The fourth-order valence-electron chi connectivity index (χ4n) is 3.47. The summed E-state index contributed by atoms with van der Waals surface area (Å²) in [5.74, 6) is 1.26. The van der Waals surface area contributed by atoms with Crippen LogP contribution >= 0.6 is 0 Å². The number of ether oxygens (including phenoxy) is 3. The van der Waals surface area contributed by atoms with Crippen LogP contribution in [0.5, 0.6) is 17.4 Å². The molecule has 3 aliphatic heterocycles. The molecule has 1 unspecified atom stereocenters. The predicted molar refractivity (Wildman–Crippen MR) is 107 cm³/mol. The van der Waals surface area contributed by atoms with Crippen LogP contribution in [0.15, 0.2) is 46.8 Å². The molecule has 3 aliphatic rings. The molecule has 0 saturated carbocycles. The second-order valence-corrected chi connectivity index (χ2v) is 6.64. The lowest BCUT2D eigenvalue weighted by molar-refractivity contribution is -0.0214. The third kappa shape index (κ3) is 2.68. The first-order valence-electron chi connectivity index (χ1n) is 9.01. The number of aromatic nitrogens is 1. The van der Waals surface area contributed by atoms with Crippen LogP contribution < -0.4 is 35.2 Å². The second-order valence-electron chi connectivity index (χ2n) is 6.64. The lowest BCUT2D eigenvalue weighted by atomic mass is 10.2. The molecule has 29 heavy (non-hydrogen) atoms. The number of hydrogen-bond donors (Lipinski definition) is 3. The number of anilines is 3. The molecule has 3 N–H and O–H groups in total. The van der Waals surface area contributed by atoms with Crippen LogP contribution in [0.2, 0.25) is 0 Å². The van der Waals surface area contributed by atoms with Gasteiger partial charge in [0.2, 0.25) is 0 Å². The van der Waals surface area contributed by atoms with Crippen molar-refractivity contribution < 1.29 is 19.0 Å². The second kappa shape index (κ2) is 6.45. The topological polar surface area (TPSA) is 102 Å². The van der Waals surface area contributed by atoms with Gasteiger partial charge in [-0.25, -0.2) is 20.3 Å². The summed E-state index contributed by atoms with van der Waals surface area (Å²) >= 11 is 0. The Hall–Kier alpha value is -3.66. The predicted octanol–water partition coefficient (Wildman–Crippen LogP) is 2.24. The molecule has 0 spiro atoms. The number of allylic oxidation sites excluding steroid dienone is 1. The number of rotatable bonds is 5. The van der Waals surface area contributed by atoms with Crippen LogP contribution in [-0.2, 0) is 4.84 Å². The van der Waals surface area contributed by atoms with E-state index in [1.54, 1.807) is 32.7 Å². The number of nitrogens with zero attached hydrogens (tertiary/aromatic N) is 3. The van der Waals surface area contributed by atoms with E-state index < -0.39 is 5.97 Å². The van der Waals surface area contributed by atoms with Crippen LogP contribution in [0.3, 0.4) is 0 Å². The third-order valence-electron chi connectivity index (χ3n) is 4.87. The maximum atomic E-state index is 5.91. The molecule has 1 aromatic carbocycles. The molecule has 10 heteroatoms. The number of aliphatic imine (C=N–C) groups is 1. The zero-order valence-electron chi connectivity index (χ0n) is 16.1. The summed E-state index contributed by atoms with van der Waals surface area (Å²) in [7, 11) is 3.10. The van der Waals surface area contributed by atoms with Gasteiger partial charge in [0.15, 0.2) is 12.5 Å². The van der Waals surface area contributed by atoms with Gasteiger partial charge in [-0.2, -0.15) is 0 Å². The van der Waals surface area contributed by atoms with Crippen molar-refractivity contribution in [3.8, 4) is 17.4 Å². The minimum Gasteiger partial charge on any atom is -0.491 e. The van der Waals surface area contributed by atoms with E-state index in [1.165, 1.54) is 0 Å². The zero-order chi connectivity index (χ0) is 20.0. The molecule has 0 aliphatic carbocycles. The fourth-order valence-corrected chi connectivity index (χ4v) is 3.47. The highest BCUT2D eigenvalue weighted by Crippen LogP contribution is 2.42. The van der Waals surface area contributed by atoms with Crippen molar-refractivity contribution >= 4 is 23.3 Å². The monoisotopic (exact) mass is 396 g/mol. The van der Waals surface area contributed by atoms with Gasteiger partial charge in [0.1, 0.15) is 11.6 Å². The first kappa shape index (κ1) is 17.4. The molecule has 0 amide bonds. The Labute approximate surface area is 167 Å². The van der Waals surface area contributed by atoms with Crippen molar-refractivity contribution in [1.82, 2.24) is 10.5 Å². The first-order valence-corrected chi connectivity index (χ1v) is 9.01. The summed E-state index contributed by atoms with van der Waals surface area (Å²) < 4.78 is 16.1. The van der Waals surface area contributed by atoms with Crippen LogP contribution in [0.4, 0.5) is 17.1 Å². The number of hydrogen-bond acceptors (Lipinski definition) is 10. The van der Waals surface area contributed by atoms with Gasteiger partial charge >= 0.3 is 5.97 Å². The van der Waals surface area contributed by atoms with Crippen molar-refractivity contribution in [3.05, 3.63) is 41.9 Å². The van der Waals surface area contributed by atoms with Crippen molar-refractivity contribution in [3.63, 3.8) is 0 Å². The van der Waals surface area contributed by atoms with Gasteiger partial charge in [0.05, 0.1) is 37.5 Å². The van der Waals surface area contributed by atoms with Crippen molar-refractivity contribution in [1.29, 1.82) is 0 Å². The van der Waals surface area contributed by atoms with Crippen molar-refractivity contribution in [2.45, 2.75) is 12.9 Å². The quantitative estimate of drug-likeness (QED) is 0.702. The number of pyridine rings is 1. The van der Waals surface area contributed by atoms with E-state index in [0.717, 1.165) is 28.5 Å². The fraction of sp³-hybridized carbons (Fsp3) is 0.263. The Morgan fingerprint density at radius 1 is 1.24 bits per heavy atom. The highest BCUT2D eigenvalue weighted by Gasteiger charge is 2.49. The summed E-state index contributed by atoms with van der Waals surface area (Å²) in [6.07, 6.45) is 3.40. The molecule has 1 fully saturated rings. The van der Waals surface area contributed by atoms with Gasteiger partial charge in [-0.3, -0.25) is 4.90 Å². The summed E-state index contributed by atoms with van der Waals surface area (Å²) in [4.78, 5) is 16.8. The van der Waals surface area contributed by atoms with Gasteiger partial charge in [-0.15, -0.1) is 0 Å². The van der Waals surface area contributed by atoms with Crippen LogP contribution in [-0.4, -0.2) is 38.1 Å². The minimum atomic E-state index is -1.23. The molecule has 0 radical (unpaired) electrons. The molecule has 2 bridgehead atoms. The zero-order valence-corrected chi connectivity index (χ0v) is 16.1. The maximum absolute atomic E-state index is 5.91. The van der Waals surface area contributed by atoms with Gasteiger partial charge in [-0.1, -0.05) is 0 Å².